The first-order valence-corrected chi connectivity index (χ1v) is 8.10. The van der Waals surface area contributed by atoms with Gasteiger partial charge in [0, 0.05) is 5.92 Å². The van der Waals surface area contributed by atoms with Gasteiger partial charge in [-0.3, -0.25) is 0 Å². The van der Waals surface area contributed by atoms with Gasteiger partial charge in [-0.15, -0.1) is 0 Å². The SMILES string of the molecule is CCCCCCCC1C=Cc2cccc3cccc1c23. The summed E-state index contributed by atoms with van der Waals surface area (Å²) in [5, 5.41) is 2.87. The monoisotopic (exact) mass is 264 g/mol. The van der Waals surface area contributed by atoms with Crippen LogP contribution in [0.3, 0.4) is 0 Å². The Balaban J connectivity index is 1.76. The van der Waals surface area contributed by atoms with E-state index in [9.17, 15) is 0 Å². The van der Waals surface area contributed by atoms with E-state index >= 15 is 0 Å². The molecule has 3 rings (SSSR count). The Morgan fingerprint density at radius 2 is 1.70 bits per heavy atom. The zero-order valence-electron chi connectivity index (χ0n) is 12.4. The molecule has 1 aliphatic rings. The summed E-state index contributed by atoms with van der Waals surface area (Å²) in [6, 6.07) is 13.4. The van der Waals surface area contributed by atoms with Crippen LogP contribution in [0.15, 0.2) is 42.5 Å². The van der Waals surface area contributed by atoms with Gasteiger partial charge in [0.2, 0.25) is 0 Å². The quantitative estimate of drug-likeness (QED) is 0.536. The van der Waals surface area contributed by atoms with Gasteiger partial charge in [0.25, 0.3) is 0 Å². The third-order valence-corrected chi connectivity index (χ3v) is 4.50. The predicted molar refractivity (Wildman–Crippen MR) is 89.1 cm³/mol. The Hall–Kier alpha value is -1.56. The second-order valence-corrected chi connectivity index (χ2v) is 5.96. The van der Waals surface area contributed by atoms with Crippen molar-refractivity contribution in [1.82, 2.24) is 0 Å². The summed E-state index contributed by atoms with van der Waals surface area (Å²) in [6.07, 6.45) is 12.9. The van der Waals surface area contributed by atoms with E-state index in [1.807, 2.05) is 0 Å². The standard InChI is InChI=1S/C20H24/c1-2-3-4-5-6-9-16-14-15-18-11-7-10-17-12-8-13-19(16)20(17)18/h7-8,10-16H,2-6,9H2,1H3. The molecule has 0 nitrogen and oxygen atoms in total. The van der Waals surface area contributed by atoms with Crippen molar-refractivity contribution in [3.63, 3.8) is 0 Å². The summed E-state index contributed by atoms with van der Waals surface area (Å²) >= 11 is 0. The Morgan fingerprint density at radius 1 is 0.900 bits per heavy atom. The first-order chi connectivity index (χ1) is 9.90. The summed E-state index contributed by atoms with van der Waals surface area (Å²) in [5.74, 6) is 0.621. The minimum absolute atomic E-state index is 0.621. The average Bonchev–Trinajstić information content (AvgIpc) is 2.49. The zero-order chi connectivity index (χ0) is 13.8. The van der Waals surface area contributed by atoms with E-state index in [2.05, 4.69) is 55.5 Å². The number of unbranched alkanes of at least 4 members (excludes halogenated alkanes) is 4. The molecule has 2 aromatic rings. The molecular weight excluding hydrogens is 240 g/mol. The first kappa shape index (κ1) is 13.4. The van der Waals surface area contributed by atoms with Crippen LogP contribution in [-0.2, 0) is 0 Å². The summed E-state index contributed by atoms with van der Waals surface area (Å²) in [6.45, 7) is 2.28. The largest absolute Gasteiger partial charge is 0.0764 e. The lowest BCUT2D eigenvalue weighted by atomic mass is 9.83. The van der Waals surface area contributed by atoms with Crippen molar-refractivity contribution >= 4 is 16.8 Å². The van der Waals surface area contributed by atoms with Crippen molar-refractivity contribution in [1.29, 1.82) is 0 Å². The molecule has 20 heavy (non-hydrogen) atoms. The Labute approximate surface area is 122 Å². The summed E-state index contributed by atoms with van der Waals surface area (Å²) < 4.78 is 0. The highest BCUT2D eigenvalue weighted by atomic mass is 14.2. The smallest absolute Gasteiger partial charge is 0.00276 e. The second kappa shape index (κ2) is 6.26. The van der Waals surface area contributed by atoms with Gasteiger partial charge in [-0.25, -0.2) is 0 Å². The lowest BCUT2D eigenvalue weighted by Crippen LogP contribution is -2.01. The minimum atomic E-state index is 0.621. The molecule has 0 radical (unpaired) electrons. The minimum Gasteiger partial charge on any atom is -0.0764 e. The fraction of sp³-hybridized carbons (Fsp3) is 0.400. The van der Waals surface area contributed by atoms with E-state index < -0.39 is 0 Å². The van der Waals surface area contributed by atoms with Gasteiger partial charge in [0.1, 0.15) is 0 Å². The lowest BCUT2D eigenvalue weighted by molar-refractivity contribution is 0.587. The molecule has 0 bridgehead atoms. The van der Waals surface area contributed by atoms with E-state index in [-0.39, 0.29) is 0 Å². The fourth-order valence-electron chi connectivity index (χ4n) is 3.39. The van der Waals surface area contributed by atoms with Crippen LogP contribution in [0.2, 0.25) is 0 Å². The fourth-order valence-corrected chi connectivity index (χ4v) is 3.39. The molecule has 0 amide bonds. The molecule has 1 unspecified atom stereocenters. The maximum Gasteiger partial charge on any atom is 0.00276 e. The normalized spacial score (nSPS) is 16.8. The van der Waals surface area contributed by atoms with Crippen LogP contribution in [0.1, 0.15) is 62.5 Å². The maximum atomic E-state index is 2.41. The van der Waals surface area contributed by atoms with Crippen molar-refractivity contribution in [2.75, 3.05) is 0 Å². The Kier molecular flexibility index (Phi) is 4.20. The van der Waals surface area contributed by atoms with Crippen molar-refractivity contribution in [2.45, 2.75) is 51.4 Å². The van der Waals surface area contributed by atoms with Crippen LogP contribution >= 0.6 is 0 Å². The summed E-state index contributed by atoms with van der Waals surface area (Å²) in [5.41, 5.74) is 2.93. The molecule has 0 aliphatic heterocycles. The zero-order valence-corrected chi connectivity index (χ0v) is 12.4. The number of hydrogen-bond donors (Lipinski definition) is 0. The lowest BCUT2D eigenvalue weighted by Gasteiger charge is -2.21. The van der Waals surface area contributed by atoms with Crippen molar-refractivity contribution < 1.29 is 0 Å². The van der Waals surface area contributed by atoms with Gasteiger partial charge in [-0.2, -0.15) is 0 Å². The summed E-state index contributed by atoms with van der Waals surface area (Å²) in [4.78, 5) is 0. The number of benzene rings is 2. The Bertz CT molecular complexity index is 601. The van der Waals surface area contributed by atoms with Crippen LogP contribution in [0.5, 0.6) is 0 Å². The highest BCUT2D eigenvalue weighted by molar-refractivity contribution is 5.95. The highest BCUT2D eigenvalue weighted by Crippen LogP contribution is 2.37. The molecule has 0 heteroatoms. The third kappa shape index (κ3) is 2.65. The van der Waals surface area contributed by atoms with Crippen LogP contribution in [0, 0.1) is 0 Å². The molecule has 1 atom stereocenters. The van der Waals surface area contributed by atoms with E-state index in [0.717, 1.165) is 0 Å². The maximum absolute atomic E-state index is 2.41. The van der Waals surface area contributed by atoms with Crippen molar-refractivity contribution in [2.24, 2.45) is 0 Å². The third-order valence-electron chi connectivity index (χ3n) is 4.50. The first-order valence-electron chi connectivity index (χ1n) is 8.10. The van der Waals surface area contributed by atoms with Gasteiger partial charge in [-0.1, -0.05) is 87.6 Å². The molecule has 0 N–H and O–H groups in total. The van der Waals surface area contributed by atoms with Gasteiger partial charge < -0.3 is 0 Å². The molecule has 1 aliphatic carbocycles. The van der Waals surface area contributed by atoms with E-state index in [0.29, 0.717) is 5.92 Å². The van der Waals surface area contributed by atoms with E-state index in [4.69, 9.17) is 0 Å². The molecule has 0 aromatic heterocycles. The Morgan fingerprint density at radius 3 is 2.55 bits per heavy atom. The molecule has 2 aromatic carbocycles. The van der Waals surface area contributed by atoms with E-state index in [1.165, 1.54) is 60.4 Å². The van der Waals surface area contributed by atoms with Crippen LogP contribution < -0.4 is 0 Å². The van der Waals surface area contributed by atoms with Gasteiger partial charge in [0.05, 0.1) is 0 Å². The molecule has 0 saturated carbocycles. The van der Waals surface area contributed by atoms with Gasteiger partial charge in [0.15, 0.2) is 0 Å². The van der Waals surface area contributed by atoms with Crippen molar-refractivity contribution in [3.05, 3.63) is 53.6 Å². The number of allylic oxidation sites excluding steroid dienone is 1. The van der Waals surface area contributed by atoms with E-state index in [1.54, 1.807) is 0 Å². The molecule has 0 spiro atoms. The average molecular weight is 264 g/mol. The molecule has 104 valence electrons. The number of rotatable bonds is 6. The second-order valence-electron chi connectivity index (χ2n) is 5.96. The number of hydrogen-bond acceptors (Lipinski definition) is 0. The molecule has 0 heterocycles. The molecule has 0 fully saturated rings. The van der Waals surface area contributed by atoms with Gasteiger partial charge in [-0.05, 0) is 28.3 Å². The van der Waals surface area contributed by atoms with Crippen LogP contribution in [0.4, 0.5) is 0 Å². The van der Waals surface area contributed by atoms with Crippen LogP contribution in [0.25, 0.3) is 16.8 Å². The predicted octanol–water partition coefficient (Wildman–Crippen LogP) is 6.31. The highest BCUT2D eigenvalue weighted by Gasteiger charge is 2.16. The van der Waals surface area contributed by atoms with Gasteiger partial charge >= 0.3 is 0 Å². The topological polar surface area (TPSA) is 0 Å². The molecular formula is C20H24. The summed E-state index contributed by atoms with van der Waals surface area (Å²) in [7, 11) is 0. The van der Waals surface area contributed by atoms with Crippen LogP contribution in [-0.4, -0.2) is 0 Å². The molecule has 0 saturated heterocycles. The van der Waals surface area contributed by atoms with Crippen molar-refractivity contribution in [3.8, 4) is 0 Å².